The number of carbonyl (C=O) groups is 4. The van der Waals surface area contributed by atoms with Gasteiger partial charge < -0.3 is 36.9 Å². The van der Waals surface area contributed by atoms with E-state index in [1.165, 1.54) is 0 Å². The second kappa shape index (κ2) is 12.5. The molecule has 1 aromatic heterocycles. The third-order valence-electron chi connectivity index (χ3n) is 4.88. The quantitative estimate of drug-likeness (QED) is 0.158. The van der Waals surface area contributed by atoms with Crippen LogP contribution >= 0.6 is 25.3 Å². The van der Waals surface area contributed by atoms with Gasteiger partial charge in [-0.15, -0.1) is 0 Å². The molecule has 1 aromatic carbocycles. The Bertz CT molecular complexity index is 1000. The van der Waals surface area contributed by atoms with Crippen molar-refractivity contribution in [3.05, 3.63) is 36.0 Å². The fourth-order valence-electron chi connectivity index (χ4n) is 3.02. The molecule has 4 unspecified atom stereocenters. The maximum absolute atomic E-state index is 13.0. The van der Waals surface area contributed by atoms with Crippen LogP contribution in [0.3, 0.4) is 0 Å². The lowest BCUT2D eigenvalue weighted by Crippen LogP contribution is -2.58. The summed E-state index contributed by atoms with van der Waals surface area (Å²) in [7, 11) is 0. The number of H-pyrrole nitrogens is 1. The van der Waals surface area contributed by atoms with Gasteiger partial charge in [-0.2, -0.15) is 25.3 Å². The molecule has 0 aliphatic heterocycles. The highest BCUT2D eigenvalue weighted by Gasteiger charge is 2.30. The van der Waals surface area contributed by atoms with Crippen LogP contribution in [0.4, 0.5) is 0 Å². The number of thiol groups is 2. The molecule has 0 aliphatic rings. The Labute approximate surface area is 200 Å². The van der Waals surface area contributed by atoms with Crippen molar-refractivity contribution in [2.75, 3.05) is 18.1 Å². The maximum Gasteiger partial charge on any atom is 0.327 e. The van der Waals surface area contributed by atoms with E-state index in [1.54, 1.807) is 6.20 Å². The third-order valence-corrected chi connectivity index (χ3v) is 5.64. The molecule has 13 heteroatoms. The number of nitrogens with two attached hydrogens (primary N) is 1. The number of para-hydroxylation sites is 1. The Morgan fingerprint density at radius 3 is 2.15 bits per heavy atom. The second-order valence-electron chi connectivity index (χ2n) is 7.24. The van der Waals surface area contributed by atoms with Gasteiger partial charge >= 0.3 is 5.97 Å². The standard InChI is InChI=1S/C20H27N5O6S2/c21-12(8-32)17(27)23-14(5-10-6-22-13-4-2-1-3-11(10)13)18(28)24-15(7-26)19(29)25-16(9-33)20(30)31/h1-4,6,12,14-16,22,26,32-33H,5,7-9,21H2,(H,23,27)(H,24,28)(H,25,29)(H,30,31). The minimum atomic E-state index is -1.44. The molecule has 0 spiro atoms. The summed E-state index contributed by atoms with van der Waals surface area (Å²) in [4.78, 5) is 51.9. The predicted molar refractivity (Wildman–Crippen MR) is 128 cm³/mol. The first-order chi connectivity index (χ1) is 15.7. The zero-order valence-electron chi connectivity index (χ0n) is 17.5. The van der Waals surface area contributed by atoms with Gasteiger partial charge in [-0.1, -0.05) is 18.2 Å². The summed E-state index contributed by atoms with van der Waals surface area (Å²) < 4.78 is 0. The van der Waals surface area contributed by atoms with Gasteiger partial charge in [0.1, 0.15) is 18.1 Å². The van der Waals surface area contributed by atoms with Crippen molar-refractivity contribution in [1.82, 2.24) is 20.9 Å². The van der Waals surface area contributed by atoms with Gasteiger partial charge in [0, 0.05) is 35.0 Å². The summed E-state index contributed by atoms with van der Waals surface area (Å²) >= 11 is 7.85. The van der Waals surface area contributed by atoms with Gasteiger partial charge in [0.05, 0.1) is 12.6 Å². The van der Waals surface area contributed by atoms with Crippen molar-refractivity contribution in [2.24, 2.45) is 5.73 Å². The highest BCUT2D eigenvalue weighted by molar-refractivity contribution is 7.80. The van der Waals surface area contributed by atoms with E-state index in [0.29, 0.717) is 0 Å². The van der Waals surface area contributed by atoms with Crippen LogP contribution in [0.25, 0.3) is 10.9 Å². The molecule has 33 heavy (non-hydrogen) atoms. The first-order valence-electron chi connectivity index (χ1n) is 9.98. The summed E-state index contributed by atoms with van der Waals surface area (Å²) in [5, 5.41) is 26.6. The SMILES string of the molecule is NC(CS)C(=O)NC(Cc1c[nH]c2ccccc12)C(=O)NC(CO)C(=O)NC(CS)C(=O)O. The van der Waals surface area contributed by atoms with E-state index in [1.807, 2.05) is 24.3 Å². The fraction of sp³-hybridized carbons (Fsp3) is 0.400. The lowest BCUT2D eigenvalue weighted by Gasteiger charge is -2.24. The summed E-state index contributed by atoms with van der Waals surface area (Å²) in [5.74, 6) is -3.73. The van der Waals surface area contributed by atoms with E-state index in [2.05, 4.69) is 46.2 Å². The number of aromatic amines is 1. The number of hydrogen-bond donors (Lipinski definition) is 9. The predicted octanol–water partition coefficient (Wildman–Crippen LogP) is -1.57. The van der Waals surface area contributed by atoms with Gasteiger partial charge in [0.15, 0.2) is 0 Å². The fourth-order valence-corrected chi connectivity index (χ4v) is 3.43. The number of hydrogen-bond acceptors (Lipinski definition) is 8. The number of rotatable bonds is 12. The number of amides is 3. The molecule has 1 heterocycles. The highest BCUT2D eigenvalue weighted by Crippen LogP contribution is 2.19. The molecule has 8 N–H and O–H groups in total. The van der Waals surface area contributed by atoms with Crippen LogP contribution < -0.4 is 21.7 Å². The van der Waals surface area contributed by atoms with E-state index in [-0.39, 0.29) is 17.9 Å². The number of aliphatic carboxylic acids is 1. The molecule has 0 saturated carbocycles. The second-order valence-corrected chi connectivity index (χ2v) is 7.97. The lowest BCUT2D eigenvalue weighted by atomic mass is 10.0. The van der Waals surface area contributed by atoms with Gasteiger partial charge in [0.2, 0.25) is 17.7 Å². The molecule has 3 amide bonds. The average Bonchev–Trinajstić information content (AvgIpc) is 3.22. The maximum atomic E-state index is 13.0. The molecule has 180 valence electrons. The average molecular weight is 498 g/mol. The van der Waals surface area contributed by atoms with Crippen molar-refractivity contribution >= 4 is 59.9 Å². The van der Waals surface area contributed by atoms with Gasteiger partial charge in [-0.25, -0.2) is 4.79 Å². The van der Waals surface area contributed by atoms with Crippen molar-refractivity contribution < 1.29 is 29.4 Å². The number of aliphatic hydroxyl groups excluding tert-OH is 1. The van der Waals surface area contributed by atoms with Crippen LogP contribution in [0, 0.1) is 0 Å². The molecule has 0 radical (unpaired) electrons. The summed E-state index contributed by atoms with van der Waals surface area (Å²) in [5.41, 5.74) is 7.28. The van der Waals surface area contributed by atoms with Crippen molar-refractivity contribution in [3.63, 3.8) is 0 Å². The van der Waals surface area contributed by atoms with Crippen molar-refractivity contribution in [2.45, 2.75) is 30.6 Å². The summed E-state index contributed by atoms with van der Waals surface area (Å²) in [6, 6.07) is 2.54. The number of carbonyl (C=O) groups excluding carboxylic acids is 3. The molecular formula is C20H27N5O6S2. The van der Waals surface area contributed by atoms with Crippen LogP contribution in [0.2, 0.25) is 0 Å². The molecule has 11 nitrogen and oxygen atoms in total. The summed E-state index contributed by atoms with van der Waals surface area (Å²) in [6.45, 7) is -0.791. The first kappa shape index (κ1) is 26.5. The molecule has 2 rings (SSSR count). The van der Waals surface area contributed by atoms with E-state index in [4.69, 9.17) is 10.8 Å². The van der Waals surface area contributed by atoms with Crippen LogP contribution in [0.1, 0.15) is 5.56 Å². The van der Waals surface area contributed by atoms with Crippen LogP contribution in [-0.4, -0.2) is 81.2 Å². The Kier molecular flexibility index (Phi) is 10.0. The number of benzene rings is 1. The van der Waals surface area contributed by atoms with Crippen molar-refractivity contribution in [1.29, 1.82) is 0 Å². The smallest absolute Gasteiger partial charge is 0.327 e. The van der Waals surface area contributed by atoms with Crippen molar-refractivity contribution in [3.8, 4) is 0 Å². The summed E-state index contributed by atoms with van der Waals surface area (Å²) in [6.07, 6.45) is 1.77. The van der Waals surface area contributed by atoms with Crippen LogP contribution in [0.5, 0.6) is 0 Å². The van der Waals surface area contributed by atoms with Gasteiger partial charge in [0.25, 0.3) is 0 Å². The van der Waals surface area contributed by atoms with Crippen LogP contribution in [0.15, 0.2) is 30.5 Å². The minimum Gasteiger partial charge on any atom is -0.480 e. The van der Waals surface area contributed by atoms with Gasteiger partial charge in [-0.05, 0) is 11.6 Å². The Morgan fingerprint density at radius 2 is 1.55 bits per heavy atom. The number of aromatic nitrogens is 1. The molecule has 0 fully saturated rings. The van der Waals surface area contributed by atoms with E-state index < -0.39 is 54.5 Å². The number of carboxylic acids is 1. The Morgan fingerprint density at radius 1 is 0.939 bits per heavy atom. The minimum absolute atomic E-state index is 0.0508. The molecule has 2 aromatic rings. The largest absolute Gasteiger partial charge is 0.480 e. The molecule has 4 atom stereocenters. The van der Waals surface area contributed by atoms with E-state index >= 15 is 0 Å². The molecule has 0 bridgehead atoms. The van der Waals surface area contributed by atoms with E-state index in [9.17, 15) is 24.3 Å². The zero-order chi connectivity index (χ0) is 24.5. The molecular weight excluding hydrogens is 470 g/mol. The van der Waals surface area contributed by atoms with Gasteiger partial charge in [-0.3, -0.25) is 14.4 Å². The highest BCUT2D eigenvalue weighted by atomic mass is 32.1. The number of carboxylic acid groups (broad SMARTS) is 1. The number of fused-ring (bicyclic) bond motifs is 1. The number of aliphatic hydroxyl groups is 1. The van der Waals surface area contributed by atoms with Crippen LogP contribution in [-0.2, 0) is 25.6 Å². The lowest BCUT2D eigenvalue weighted by molar-refractivity contribution is -0.141. The first-order valence-corrected chi connectivity index (χ1v) is 11.2. The third kappa shape index (κ3) is 7.12. The topological polar surface area (TPSA) is 187 Å². The number of nitrogens with one attached hydrogen (secondary N) is 4. The molecule has 0 saturated heterocycles. The zero-order valence-corrected chi connectivity index (χ0v) is 19.3. The molecule has 0 aliphatic carbocycles. The Balaban J connectivity index is 2.21. The Hall–Kier alpha value is -2.74. The van der Waals surface area contributed by atoms with E-state index in [0.717, 1.165) is 16.5 Å². The normalized spacial score (nSPS) is 14.7. The monoisotopic (exact) mass is 497 g/mol.